The first-order valence-electron chi connectivity index (χ1n) is 14.5. The average Bonchev–Trinajstić information content (AvgIpc) is 3.49. The van der Waals surface area contributed by atoms with Crippen LogP contribution in [0.4, 0.5) is 5.82 Å². The molecule has 5 rings (SSSR count). The number of amides is 2. The Morgan fingerprint density at radius 1 is 1.18 bits per heavy atom. The van der Waals surface area contributed by atoms with Crippen molar-refractivity contribution in [1.29, 1.82) is 0 Å². The van der Waals surface area contributed by atoms with Crippen molar-refractivity contribution in [2.45, 2.75) is 82.8 Å². The Hall–Kier alpha value is -3.66. The number of furan rings is 1. The number of rotatable bonds is 9. The van der Waals surface area contributed by atoms with Crippen molar-refractivity contribution in [3.05, 3.63) is 46.6 Å². The van der Waals surface area contributed by atoms with Crippen LogP contribution in [0.5, 0.6) is 0 Å². The Balaban J connectivity index is 1.46. The monoisotopic (exact) mass is 548 g/mol. The number of fused-ring (bicyclic) bond motifs is 1. The first-order chi connectivity index (χ1) is 19.4. The summed E-state index contributed by atoms with van der Waals surface area (Å²) in [6, 6.07) is 4.84. The van der Waals surface area contributed by atoms with Crippen LogP contribution in [-0.2, 0) is 9.59 Å². The van der Waals surface area contributed by atoms with E-state index in [1.807, 2.05) is 19.1 Å². The SMILES string of the molecule is CNC(=O)CCCN1CCC[C@@H](Nc2ncc(-c3ccco3)c3c(C)cc(=O)[nH]c23)[C@@H]1C(=O)NC1CCCCC1. The number of piperidine rings is 1. The van der Waals surface area contributed by atoms with Gasteiger partial charge in [0.2, 0.25) is 17.4 Å². The number of hydrogen-bond donors (Lipinski definition) is 4. The maximum atomic E-state index is 13.8. The lowest BCUT2D eigenvalue weighted by Gasteiger charge is -2.41. The summed E-state index contributed by atoms with van der Waals surface area (Å²) in [7, 11) is 1.64. The number of hydrogen-bond acceptors (Lipinski definition) is 7. The quantitative estimate of drug-likeness (QED) is 0.320. The Morgan fingerprint density at radius 2 is 2.00 bits per heavy atom. The van der Waals surface area contributed by atoms with E-state index in [0.29, 0.717) is 36.5 Å². The minimum Gasteiger partial charge on any atom is -0.464 e. The first kappa shape index (κ1) is 27.9. The van der Waals surface area contributed by atoms with E-state index in [1.165, 1.54) is 6.42 Å². The standard InChI is InChI=1S/C30H40N6O4/c1-19-17-25(38)35-27-26(19)21(23-12-8-16-40-23)18-32-29(27)34-22-11-6-14-36(15-7-13-24(37)31-2)28(22)30(39)33-20-9-4-3-5-10-20/h8,12,16-18,20,22,28H,3-7,9-11,13-15H2,1-2H3,(H,31,37)(H,32,34)(H,33,39)(H,35,38)/t22-,28-/m1/s1. The second kappa shape index (κ2) is 12.7. The summed E-state index contributed by atoms with van der Waals surface area (Å²) in [5.41, 5.74) is 2.01. The zero-order chi connectivity index (χ0) is 28.1. The number of likely N-dealkylation sites (tertiary alicyclic amines) is 1. The summed E-state index contributed by atoms with van der Waals surface area (Å²) < 4.78 is 5.66. The average molecular weight is 549 g/mol. The van der Waals surface area contributed by atoms with Crippen LogP contribution in [-0.4, -0.2) is 64.9 Å². The van der Waals surface area contributed by atoms with E-state index < -0.39 is 6.04 Å². The molecule has 1 saturated carbocycles. The van der Waals surface area contributed by atoms with Gasteiger partial charge in [0, 0.05) is 42.7 Å². The fraction of sp³-hybridized carbons (Fsp3) is 0.533. The molecular weight excluding hydrogens is 508 g/mol. The van der Waals surface area contributed by atoms with Crippen LogP contribution in [0.1, 0.15) is 63.4 Å². The number of H-pyrrole nitrogens is 1. The highest BCUT2D eigenvalue weighted by molar-refractivity contribution is 6.00. The summed E-state index contributed by atoms with van der Waals surface area (Å²) in [5.74, 6) is 1.23. The molecule has 2 atom stereocenters. The Labute approximate surface area is 234 Å². The minimum atomic E-state index is -0.418. The fourth-order valence-electron chi connectivity index (χ4n) is 6.29. The molecule has 214 valence electrons. The van der Waals surface area contributed by atoms with Crippen LogP contribution in [0.25, 0.3) is 22.2 Å². The number of carbonyl (C=O) groups excluding carboxylic acids is 2. The zero-order valence-electron chi connectivity index (χ0n) is 23.4. The van der Waals surface area contributed by atoms with Crippen molar-refractivity contribution in [2.24, 2.45) is 0 Å². The lowest BCUT2D eigenvalue weighted by Crippen LogP contribution is -2.60. The minimum absolute atomic E-state index is 0.00142. The molecule has 0 aromatic carbocycles. The van der Waals surface area contributed by atoms with Crippen LogP contribution < -0.4 is 21.5 Å². The predicted octanol–water partition coefficient (Wildman–Crippen LogP) is 3.71. The summed E-state index contributed by atoms with van der Waals surface area (Å²) in [5, 5.41) is 10.4. The number of aromatic nitrogens is 2. The Kier molecular flexibility index (Phi) is 8.84. The van der Waals surface area contributed by atoms with Crippen LogP contribution in [0.15, 0.2) is 39.9 Å². The van der Waals surface area contributed by atoms with Crippen molar-refractivity contribution >= 4 is 28.5 Å². The van der Waals surface area contributed by atoms with E-state index in [2.05, 4.69) is 25.8 Å². The number of carbonyl (C=O) groups is 2. The van der Waals surface area contributed by atoms with Gasteiger partial charge in [0.05, 0.1) is 17.8 Å². The van der Waals surface area contributed by atoms with Crippen LogP contribution >= 0.6 is 0 Å². The Bertz CT molecular complexity index is 1380. The molecule has 0 bridgehead atoms. The number of nitrogens with one attached hydrogen (secondary N) is 4. The molecule has 3 aromatic heterocycles. The molecule has 2 amide bonds. The van der Waals surface area contributed by atoms with Crippen molar-refractivity contribution in [3.8, 4) is 11.3 Å². The van der Waals surface area contributed by atoms with E-state index in [9.17, 15) is 14.4 Å². The van der Waals surface area contributed by atoms with Gasteiger partial charge < -0.3 is 25.4 Å². The molecule has 0 spiro atoms. The zero-order valence-corrected chi connectivity index (χ0v) is 23.4. The van der Waals surface area contributed by atoms with Crippen LogP contribution in [0.3, 0.4) is 0 Å². The van der Waals surface area contributed by atoms with Gasteiger partial charge in [-0.1, -0.05) is 19.3 Å². The maximum Gasteiger partial charge on any atom is 0.248 e. The third-order valence-corrected chi connectivity index (χ3v) is 8.26. The molecule has 4 N–H and O–H groups in total. The van der Waals surface area contributed by atoms with Crippen molar-refractivity contribution in [1.82, 2.24) is 25.5 Å². The first-order valence-corrected chi connectivity index (χ1v) is 14.5. The predicted molar refractivity (Wildman–Crippen MR) is 155 cm³/mol. The van der Waals surface area contributed by atoms with E-state index in [4.69, 9.17) is 9.40 Å². The van der Waals surface area contributed by atoms with Gasteiger partial charge in [-0.05, 0) is 69.8 Å². The van der Waals surface area contributed by atoms with E-state index in [1.54, 1.807) is 25.6 Å². The number of nitrogens with zero attached hydrogens (tertiary/aromatic N) is 2. The molecule has 2 aliphatic rings. The summed E-state index contributed by atoms with van der Waals surface area (Å²) in [6.07, 6.45) is 11.7. The van der Waals surface area contributed by atoms with Gasteiger partial charge in [0.15, 0.2) is 5.82 Å². The third kappa shape index (κ3) is 6.22. The number of anilines is 1. The highest BCUT2D eigenvalue weighted by atomic mass is 16.3. The summed E-state index contributed by atoms with van der Waals surface area (Å²) >= 11 is 0. The van der Waals surface area contributed by atoms with Gasteiger partial charge in [0.1, 0.15) is 11.8 Å². The van der Waals surface area contributed by atoms with Gasteiger partial charge in [-0.25, -0.2) is 4.98 Å². The van der Waals surface area contributed by atoms with Gasteiger partial charge >= 0.3 is 0 Å². The molecule has 2 fully saturated rings. The molecule has 0 unspecified atom stereocenters. The number of aryl methyl sites for hydroxylation is 1. The molecule has 4 heterocycles. The summed E-state index contributed by atoms with van der Waals surface area (Å²) in [4.78, 5) is 48.2. The topological polar surface area (TPSA) is 132 Å². The molecule has 10 heteroatoms. The van der Waals surface area contributed by atoms with Crippen molar-refractivity contribution < 1.29 is 14.0 Å². The van der Waals surface area contributed by atoms with E-state index >= 15 is 0 Å². The molecular formula is C30H40N6O4. The molecule has 0 radical (unpaired) electrons. The number of pyridine rings is 2. The van der Waals surface area contributed by atoms with Crippen LogP contribution in [0, 0.1) is 6.92 Å². The van der Waals surface area contributed by atoms with Gasteiger partial charge in [0.25, 0.3) is 0 Å². The van der Waals surface area contributed by atoms with Crippen molar-refractivity contribution in [3.63, 3.8) is 0 Å². The number of aromatic amines is 1. The van der Waals surface area contributed by atoms with Gasteiger partial charge in [-0.3, -0.25) is 19.3 Å². The fourth-order valence-corrected chi connectivity index (χ4v) is 6.29. The normalized spacial score (nSPS) is 20.4. The molecule has 10 nitrogen and oxygen atoms in total. The highest BCUT2D eigenvalue weighted by Crippen LogP contribution is 2.33. The second-order valence-electron chi connectivity index (χ2n) is 11.1. The molecule has 1 saturated heterocycles. The van der Waals surface area contributed by atoms with E-state index in [-0.39, 0.29) is 29.5 Å². The summed E-state index contributed by atoms with van der Waals surface area (Å²) in [6.45, 7) is 3.34. The second-order valence-corrected chi connectivity index (χ2v) is 11.1. The molecule has 1 aliphatic carbocycles. The maximum absolute atomic E-state index is 13.8. The largest absolute Gasteiger partial charge is 0.464 e. The molecule has 1 aliphatic heterocycles. The highest BCUT2D eigenvalue weighted by Gasteiger charge is 2.38. The van der Waals surface area contributed by atoms with Crippen LogP contribution in [0.2, 0.25) is 0 Å². The lowest BCUT2D eigenvalue weighted by molar-refractivity contribution is -0.129. The Morgan fingerprint density at radius 3 is 2.75 bits per heavy atom. The lowest BCUT2D eigenvalue weighted by atomic mass is 9.92. The van der Waals surface area contributed by atoms with E-state index in [0.717, 1.165) is 61.6 Å². The third-order valence-electron chi connectivity index (χ3n) is 8.26. The van der Waals surface area contributed by atoms with Crippen molar-refractivity contribution in [2.75, 3.05) is 25.5 Å². The van der Waals surface area contributed by atoms with Gasteiger partial charge in [-0.15, -0.1) is 0 Å². The molecule has 40 heavy (non-hydrogen) atoms. The van der Waals surface area contributed by atoms with Gasteiger partial charge in [-0.2, -0.15) is 0 Å². The smallest absolute Gasteiger partial charge is 0.248 e. The molecule has 3 aromatic rings.